The van der Waals surface area contributed by atoms with Crippen LogP contribution in [0.2, 0.25) is 0 Å². The summed E-state index contributed by atoms with van der Waals surface area (Å²) in [5.41, 5.74) is 0. The van der Waals surface area contributed by atoms with Gasteiger partial charge in [0.25, 0.3) is 10.0 Å². The fourth-order valence-corrected chi connectivity index (χ4v) is 6.13. The fourth-order valence-electron chi connectivity index (χ4n) is 2.68. The molecule has 1 fully saturated rings. The van der Waals surface area contributed by atoms with Gasteiger partial charge in [-0.2, -0.15) is 4.31 Å². The number of sulfonamides is 1. The van der Waals surface area contributed by atoms with E-state index in [9.17, 15) is 17.6 Å². The summed E-state index contributed by atoms with van der Waals surface area (Å²) in [4.78, 5) is 14.5. The zero-order valence-corrected chi connectivity index (χ0v) is 16.5. The van der Waals surface area contributed by atoms with Crippen molar-refractivity contribution < 1.29 is 17.6 Å². The minimum Gasteiger partial charge on any atom is -0.340 e. The number of halogens is 1. The Morgan fingerprint density at radius 2 is 1.85 bits per heavy atom. The van der Waals surface area contributed by atoms with Crippen molar-refractivity contribution in [2.45, 2.75) is 15.5 Å². The quantitative estimate of drug-likeness (QED) is 0.682. The molecule has 1 aliphatic rings. The van der Waals surface area contributed by atoms with Crippen LogP contribution in [0.4, 0.5) is 4.39 Å². The summed E-state index contributed by atoms with van der Waals surface area (Å²) in [6, 6.07) is 9.80. The van der Waals surface area contributed by atoms with Gasteiger partial charge in [0.15, 0.2) is 0 Å². The van der Waals surface area contributed by atoms with Crippen molar-refractivity contribution in [3.8, 4) is 0 Å². The molecule has 0 atom stereocenters. The maximum atomic E-state index is 13.6. The molecule has 1 saturated heterocycles. The van der Waals surface area contributed by atoms with Crippen molar-refractivity contribution in [1.29, 1.82) is 0 Å². The molecule has 0 saturated carbocycles. The molecule has 0 radical (unpaired) electrons. The molecule has 1 aromatic heterocycles. The highest BCUT2D eigenvalue weighted by molar-refractivity contribution is 7.99. The van der Waals surface area contributed by atoms with E-state index < -0.39 is 10.0 Å². The fraction of sp³-hybridized carbons (Fsp3) is 0.353. The molecule has 0 N–H and O–H groups in total. The highest BCUT2D eigenvalue weighted by atomic mass is 32.2. The van der Waals surface area contributed by atoms with Crippen molar-refractivity contribution in [3.63, 3.8) is 0 Å². The van der Waals surface area contributed by atoms with Crippen molar-refractivity contribution in [2.24, 2.45) is 0 Å². The van der Waals surface area contributed by atoms with Gasteiger partial charge in [-0.3, -0.25) is 4.79 Å². The zero-order chi connectivity index (χ0) is 18.6. The van der Waals surface area contributed by atoms with Crippen LogP contribution in [0, 0.1) is 5.82 Å². The van der Waals surface area contributed by atoms with E-state index in [-0.39, 0.29) is 11.7 Å². The van der Waals surface area contributed by atoms with Gasteiger partial charge in [0.1, 0.15) is 10.0 Å². The number of nitrogens with zero attached hydrogens (tertiary/aromatic N) is 2. The average Bonchev–Trinajstić information content (AvgIpc) is 3.19. The van der Waals surface area contributed by atoms with Gasteiger partial charge in [-0.15, -0.1) is 23.1 Å². The van der Waals surface area contributed by atoms with Gasteiger partial charge in [0, 0.05) is 43.2 Å². The summed E-state index contributed by atoms with van der Waals surface area (Å²) in [5.74, 6) is 0.187. The van der Waals surface area contributed by atoms with Gasteiger partial charge in [0.2, 0.25) is 5.91 Å². The lowest BCUT2D eigenvalue weighted by atomic mass is 10.3. The maximum absolute atomic E-state index is 13.6. The van der Waals surface area contributed by atoms with Gasteiger partial charge < -0.3 is 4.90 Å². The van der Waals surface area contributed by atoms with E-state index >= 15 is 0 Å². The molecule has 26 heavy (non-hydrogen) atoms. The van der Waals surface area contributed by atoms with Crippen LogP contribution >= 0.6 is 23.1 Å². The number of piperazine rings is 1. The second kappa shape index (κ2) is 8.51. The second-order valence-electron chi connectivity index (χ2n) is 5.75. The minimum atomic E-state index is -3.46. The number of thioether (sulfide) groups is 1. The smallest absolute Gasteiger partial charge is 0.252 e. The van der Waals surface area contributed by atoms with Crippen LogP contribution in [0.5, 0.6) is 0 Å². The van der Waals surface area contributed by atoms with Crippen LogP contribution in [0.15, 0.2) is 50.9 Å². The Balaban J connectivity index is 1.47. The first-order valence-electron chi connectivity index (χ1n) is 8.17. The number of amides is 1. The van der Waals surface area contributed by atoms with Crippen LogP contribution in [-0.4, -0.2) is 55.5 Å². The van der Waals surface area contributed by atoms with Crippen LogP contribution in [0.1, 0.15) is 6.42 Å². The molecule has 3 rings (SSSR count). The van der Waals surface area contributed by atoms with Gasteiger partial charge >= 0.3 is 0 Å². The predicted octanol–water partition coefficient (Wildman–Crippen LogP) is 2.90. The Labute approximate surface area is 160 Å². The van der Waals surface area contributed by atoms with Gasteiger partial charge in [0.05, 0.1) is 0 Å². The molecular weight excluding hydrogens is 395 g/mol. The molecule has 0 bridgehead atoms. The standard InChI is InChI=1S/C17H19FN2O3S3/c18-14-4-1-2-5-15(14)24-13-7-16(21)19-8-10-20(11-9-19)26(22,23)17-6-3-12-25-17/h1-6,12H,7-11,13H2. The highest BCUT2D eigenvalue weighted by Crippen LogP contribution is 2.24. The summed E-state index contributed by atoms with van der Waals surface area (Å²) < 4.78 is 40.3. The molecule has 5 nitrogen and oxygen atoms in total. The topological polar surface area (TPSA) is 57.7 Å². The van der Waals surface area contributed by atoms with E-state index in [0.29, 0.717) is 47.5 Å². The van der Waals surface area contributed by atoms with Crippen LogP contribution in [-0.2, 0) is 14.8 Å². The Hall–Kier alpha value is -1.42. The monoisotopic (exact) mass is 414 g/mol. The number of carbonyl (C=O) groups is 1. The van der Waals surface area contributed by atoms with Crippen molar-refractivity contribution >= 4 is 39.0 Å². The second-order valence-corrected chi connectivity index (χ2v) is 10.00. The third-order valence-electron chi connectivity index (χ3n) is 4.09. The van der Waals surface area contributed by atoms with Gasteiger partial charge in [-0.05, 0) is 23.6 Å². The normalized spacial score (nSPS) is 16.0. The van der Waals surface area contributed by atoms with E-state index in [4.69, 9.17) is 0 Å². The van der Waals surface area contributed by atoms with E-state index in [1.54, 1.807) is 40.6 Å². The average molecular weight is 415 g/mol. The first kappa shape index (κ1) is 19.3. The van der Waals surface area contributed by atoms with Gasteiger partial charge in [-0.1, -0.05) is 18.2 Å². The summed E-state index contributed by atoms with van der Waals surface area (Å²) >= 11 is 2.51. The molecule has 0 aliphatic carbocycles. The highest BCUT2D eigenvalue weighted by Gasteiger charge is 2.30. The van der Waals surface area contributed by atoms with E-state index in [0.717, 1.165) is 0 Å². The van der Waals surface area contributed by atoms with Crippen molar-refractivity contribution in [2.75, 3.05) is 31.9 Å². The number of carbonyl (C=O) groups excluding carboxylic acids is 1. The number of rotatable bonds is 6. The van der Waals surface area contributed by atoms with E-state index in [1.807, 2.05) is 0 Å². The minimum absolute atomic E-state index is 0.0259. The number of hydrogen-bond acceptors (Lipinski definition) is 5. The third kappa shape index (κ3) is 4.46. The van der Waals surface area contributed by atoms with Crippen LogP contribution in [0.3, 0.4) is 0 Å². The molecule has 2 heterocycles. The summed E-state index contributed by atoms with van der Waals surface area (Å²) in [6.45, 7) is 1.36. The first-order chi connectivity index (χ1) is 12.5. The van der Waals surface area contributed by atoms with E-state index in [1.165, 1.54) is 33.5 Å². The zero-order valence-electron chi connectivity index (χ0n) is 14.0. The Morgan fingerprint density at radius 1 is 1.12 bits per heavy atom. The van der Waals surface area contributed by atoms with Crippen molar-refractivity contribution in [3.05, 3.63) is 47.6 Å². The predicted molar refractivity (Wildman–Crippen MR) is 101 cm³/mol. The van der Waals surface area contributed by atoms with Crippen LogP contribution in [0.25, 0.3) is 0 Å². The lowest BCUT2D eigenvalue weighted by Gasteiger charge is -2.33. The molecule has 1 aliphatic heterocycles. The van der Waals surface area contributed by atoms with Gasteiger partial charge in [-0.25, -0.2) is 12.8 Å². The molecule has 0 unspecified atom stereocenters. The third-order valence-corrected chi connectivity index (χ3v) is 8.41. The summed E-state index contributed by atoms with van der Waals surface area (Å²) in [5, 5.41) is 1.74. The first-order valence-corrected chi connectivity index (χ1v) is 11.5. The van der Waals surface area contributed by atoms with Crippen molar-refractivity contribution in [1.82, 2.24) is 9.21 Å². The summed E-state index contributed by atoms with van der Waals surface area (Å²) in [7, 11) is -3.46. The largest absolute Gasteiger partial charge is 0.340 e. The molecule has 9 heteroatoms. The Morgan fingerprint density at radius 3 is 2.50 bits per heavy atom. The SMILES string of the molecule is O=C(CCSc1ccccc1F)N1CCN(S(=O)(=O)c2cccs2)CC1. The Kier molecular flexibility index (Phi) is 6.33. The number of hydrogen-bond donors (Lipinski definition) is 0. The molecule has 0 spiro atoms. The summed E-state index contributed by atoms with van der Waals surface area (Å²) in [6.07, 6.45) is 0.302. The molecule has 1 aromatic carbocycles. The maximum Gasteiger partial charge on any atom is 0.252 e. The van der Waals surface area contributed by atoms with E-state index in [2.05, 4.69) is 0 Å². The number of benzene rings is 1. The lowest BCUT2D eigenvalue weighted by molar-refractivity contribution is -0.131. The number of thiophene rings is 1. The Bertz CT molecular complexity index is 848. The molecule has 1 amide bonds. The molecular formula is C17H19FN2O3S3. The molecule has 140 valence electrons. The molecule has 2 aromatic rings. The lowest BCUT2D eigenvalue weighted by Crippen LogP contribution is -2.50. The van der Waals surface area contributed by atoms with Crippen LogP contribution < -0.4 is 0 Å².